The summed E-state index contributed by atoms with van der Waals surface area (Å²) in [6.07, 6.45) is -0.474. The van der Waals surface area contributed by atoms with Crippen molar-refractivity contribution in [3.63, 3.8) is 0 Å². The maximum Gasteiger partial charge on any atom is 0.335 e. The van der Waals surface area contributed by atoms with Gasteiger partial charge in [-0.1, -0.05) is 13.8 Å². The summed E-state index contributed by atoms with van der Waals surface area (Å²) < 4.78 is 61.4. The summed E-state index contributed by atoms with van der Waals surface area (Å²) in [7, 11) is 1.47. The van der Waals surface area contributed by atoms with Crippen molar-refractivity contribution in [2.24, 2.45) is 17.8 Å². The first-order valence-corrected chi connectivity index (χ1v) is 11.4. The van der Waals surface area contributed by atoms with E-state index in [4.69, 9.17) is 23.7 Å². The standard InChI is InChI=1S/C24H30F2O6/c1-13-5-10-18-14(2)20(23(25,26)19(27)15-6-8-16(28-4)9-7-15)29-21-24(30-18)17(13)11-12-22(3,31-21)32-24/h6-9,13-14,17-18,20-21H,5,10-12H2,1-4H3/t13-,14-,17+,18+,20+,21-,22+,24+/m1/s1. The fourth-order valence-corrected chi connectivity index (χ4v) is 5.89. The lowest BCUT2D eigenvalue weighted by atomic mass is 9.78. The topological polar surface area (TPSA) is 63.2 Å². The lowest BCUT2D eigenvalue weighted by Crippen LogP contribution is -2.55. The minimum Gasteiger partial charge on any atom is -0.497 e. The molecule has 0 amide bonds. The zero-order valence-corrected chi connectivity index (χ0v) is 18.8. The van der Waals surface area contributed by atoms with Crippen LogP contribution in [0.3, 0.4) is 0 Å². The normalized spacial score (nSPS) is 43.3. The summed E-state index contributed by atoms with van der Waals surface area (Å²) >= 11 is 0. The predicted octanol–water partition coefficient (Wildman–Crippen LogP) is 4.56. The minimum atomic E-state index is -3.78. The molecule has 0 aliphatic carbocycles. The molecule has 4 aliphatic rings. The number of hydrogen-bond donors (Lipinski definition) is 0. The fourth-order valence-electron chi connectivity index (χ4n) is 5.89. The van der Waals surface area contributed by atoms with Crippen molar-refractivity contribution >= 4 is 5.78 Å². The van der Waals surface area contributed by atoms with E-state index in [1.54, 1.807) is 13.8 Å². The van der Waals surface area contributed by atoms with Gasteiger partial charge >= 0.3 is 5.92 Å². The average Bonchev–Trinajstić information content (AvgIpc) is 2.84. The number of ketones is 1. The number of carbonyl (C=O) groups is 1. The van der Waals surface area contributed by atoms with Crippen molar-refractivity contribution in [1.29, 1.82) is 0 Å². The van der Waals surface area contributed by atoms with E-state index in [0.29, 0.717) is 18.6 Å². The molecular weight excluding hydrogens is 422 g/mol. The Morgan fingerprint density at radius 1 is 1.12 bits per heavy atom. The second-order valence-electron chi connectivity index (χ2n) is 9.86. The number of alkyl halides is 2. The minimum absolute atomic E-state index is 0.0232. The summed E-state index contributed by atoms with van der Waals surface area (Å²) in [4.78, 5) is 12.9. The number of halogens is 2. The summed E-state index contributed by atoms with van der Waals surface area (Å²) in [6, 6.07) is 5.67. The summed E-state index contributed by atoms with van der Waals surface area (Å²) in [5, 5.41) is 0. The lowest BCUT2D eigenvalue weighted by molar-refractivity contribution is -0.331. The first kappa shape index (κ1) is 22.2. The van der Waals surface area contributed by atoms with E-state index in [0.717, 1.165) is 12.8 Å². The zero-order chi connectivity index (χ0) is 22.9. The van der Waals surface area contributed by atoms with Crippen LogP contribution in [0.5, 0.6) is 5.75 Å². The molecule has 8 atom stereocenters. The van der Waals surface area contributed by atoms with Crippen LogP contribution in [0.25, 0.3) is 0 Å². The van der Waals surface area contributed by atoms with Gasteiger partial charge in [-0.05, 0) is 56.4 Å². The molecule has 4 fully saturated rings. The molecule has 1 aromatic carbocycles. The largest absolute Gasteiger partial charge is 0.497 e. The van der Waals surface area contributed by atoms with E-state index in [-0.39, 0.29) is 17.4 Å². The molecule has 0 saturated carbocycles. The molecule has 4 aliphatic heterocycles. The number of fused-ring (bicyclic) bond motifs is 2. The van der Waals surface area contributed by atoms with Crippen LogP contribution in [-0.4, -0.2) is 48.9 Å². The Morgan fingerprint density at radius 3 is 2.53 bits per heavy atom. The molecule has 176 valence electrons. The first-order valence-electron chi connectivity index (χ1n) is 11.4. The molecule has 32 heavy (non-hydrogen) atoms. The van der Waals surface area contributed by atoms with Crippen LogP contribution in [0.1, 0.15) is 56.8 Å². The lowest BCUT2D eigenvalue weighted by Gasteiger charge is -2.43. The van der Waals surface area contributed by atoms with Gasteiger partial charge in [0.1, 0.15) is 11.9 Å². The highest BCUT2D eigenvalue weighted by Gasteiger charge is 2.70. The third kappa shape index (κ3) is 3.22. The molecule has 1 aromatic rings. The quantitative estimate of drug-likeness (QED) is 0.625. The number of carbonyl (C=O) groups excluding carboxylic acids is 1. The molecule has 1 spiro atoms. The van der Waals surface area contributed by atoms with Crippen LogP contribution >= 0.6 is 0 Å². The van der Waals surface area contributed by atoms with Gasteiger partial charge in [-0.25, -0.2) is 0 Å². The van der Waals surface area contributed by atoms with E-state index < -0.39 is 47.7 Å². The summed E-state index contributed by atoms with van der Waals surface area (Å²) in [5.74, 6) is -7.24. The predicted molar refractivity (Wildman–Crippen MR) is 109 cm³/mol. The maximum absolute atomic E-state index is 15.7. The van der Waals surface area contributed by atoms with Gasteiger partial charge in [0.15, 0.2) is 5.79 Å². The molecule has 4 saturated heterocycles. The van der Waals surface area contributed by atoms with E-state index in [2.05, 4.69) is 6.92 Å². The number of Topliss-reactive ketones (excluding diaryl/α,β-unsaturated/α-hetero) is 1. The fraction of sp³-hybridized carbons (Fsp3) is 0.708. The van der Waals surface area contributed by atoms with E-state index in [1.807, 2.05) is 0 Å². The van der Waals surface area contributed by atoms with Crippen LogP contribution in [0.2, 0.25) is 0 Å². The Hall–Kier alpha value is -1.61. The second kappa shape index (κ2) is 7.45. The van der Waals surface area contributed by atoms with Gasteiger partial charge in [0.25, 0.3) is 0 Å². The molecule has 4 heterocycles. The molecule has 3 bridgehead atoms. The summed E-state index contributed by atoms with van der Waals surface area (Å²) in [5.41, 5.74) is -0.101. The average molecular weight is 452 g/mol. The molecule has 0 unspecified atom stereocenters. The van der Waals surface area contributed by atoms with E-state index >= 15 is 8.78 Å². The highest BCUT2D eigenvalue weighted by molar-refractivity contribution is 6.01. The third-order valence-corrected chi connectivity index (χ3v) is 7.76. The SMILES string of the molecule is COc1ccc(C(=O)C(F)(F)[C@H]2O[C@@H]3O[C@]4(C)CC[C@H]5[C@H](C)CC[C@H](O[C@@]35O4)[C@H]2C)cc1. The van der Waals surface area contributed by atoms with Crippen molar-refractivity contribution < 1.29 is 37.3 Å². The smallest absolute Gasteiger partial charge is 0.335 e. The van der Waals surface area contributed by atoms with Crippen LogP contribution in [0, 0.1) is 17.8 Å². The number of ether oxygens (including phenoxy) is 5. The molecule has 0 radical (unpaired) electrons. The molecule has 0 N–H and O–H groups in total. The number of rotatable bonds is 4. The van der Waals surface area contributed by atoms with Crippen molar-refractivity contribution in [3.8, 4) is 5.75 Å². The third-order valence-electron chi connectivity index (χ3n) is 7.76. The van der Waals surface area contributed by atoms with Crippen LogP contribution in [-0.2, 0) is 18.9 Å². The van der Waals surface area contributed by atoms with Crippen molar-refractivity contribution in [2.75, 3.05) is 7.11 Å². The van der Waals surface area contributed by atoms with Gasteiger partial charge < -0.3 is 23.7 Å². The van der Waals surface area contributed by atoms with E-state index in [1.165, 1.54) is 31.4 Å². The number of benzene rings is 1. The van der Waals surface area contributed by atoms with Crippen LogP contribution < -0.4 is 4.74 Å². The Bertz CT molecular complexity index is 891. The van der Waals surface area contributed by atoms with Crippen molar-refractivity contribution in [1.82, 2.24) is 0 Å². The Labute approximate surface area is 186 Å². The van der Waals surface area contributed by atoms with Gasteiger partial charge in [-0.3, -0.25) is 4.79 Å². The molecule has 5 rings (SSSR count). The maximum atomic E-state index is 15.7. The Morgan fingerprint density at radius 2 is 1.84 bits per heavy atom. The van der Waals surface area contributed by atoms with Crippen LogP contribution in [0.4, 0.5) is 8.78 Å². The van der Waals surface area contributed by atoms with Crippen molar-refractivity contribution in [2.45, 2.75) is 82.4 Å². The van der Waals surface area contributed by atoms with Gasteiger partial charge in [0, 0.05) is 23.8 Å². The molecule has 0 aromatic heterocycles. The molecule has 8 heteroatoms. The van der Waals surface area contributed by atoms with Gasteiger partial charge in [0.05, 0.1) is 13.2 Å². The Balaban J connectivity index is 1.51. The monoisotopic (exact) mass is 452 g/mol. The van der Waals surface area contributed by atoms with Gasteiger partial charge in [-0.2, -0.15) is 8.78 Å². The second-order valence-corrected chi connectivity index (χ2v) is 9.86. The van der Waals surface area contributed by atoms with E-state index in [9.17, 15) is 4.79 Å². The summed E-state index contributed by atoms with van der Waals surface area (Å²) in [6.45, 7) is 5.60. The van der Waals surface area contributed by atoms with Gasteiger partial charge in [-0.15, -0.1) is 0 Å². The number of hydrogen-bond acceptors (Lipinski definition) is 6. The van der Waals surface area contributed by atoms with Crippen molar-refractivity contribution in [3.05, 3.63) is 29.8 Å². The highest BCUT2D eigenvalue weighted by atomic mass is 19.3. The first-order chi connectivity index (χ1) is 15.1. The number of methoxy groups -OCH3 is 1. The zero-order valence-electron chi connectivity index (χ0n) is 18.8. The highest BCUT2D eigenvalue weighted by Crippen LogP contribution is 2.58. The van der Waals surface area contributed by atoms with Crippen LogP contribution in [0.15, 0.2) is 24.3 Å². The molecule has 6 nitrogen and oxygen atoms in total. The van der Waals surface area contributed by atoms with Gasteiger partial charge in [0.2, 0.25) is 17.9 Å². The Kier molecular flexibility index (Phi) is 5.17. The molecular formula is C24H30F2O6.